The number of aromatic nitrogens is 1. The van der Waals surface area contributed by atoms with Gasteiger partial charge in [0.1, 0.15) is 11.6 Å². The van der Waals surface area contributed by atoms with Crippen molar-refractivity contribution in [1.82, 2.24) is 4.57 Å². The highest BCUT2D eigenvalue weighted by molar-refractivity contribution is 5.89. The van der Waals surface area contributed by atoms with E-state index in [0.29, 0.717) is 18.8 Å². The number of ether oxygens (including phenoxy) is 1. The fraction of sp³-hybridized carbons (Fsp3) is 0.464. The summed E-state index contributed by atoms with van der Waals surface area (Å²) < 4.78 is 22.1. The minimum Gasteiger partial charge on any atom is -0.508 e. The lowest BCUT2D eigenvalue weighted by molar-refractivity contribution is -0.138. The standard InChI is InChI=1S/C28H32FNO4/c1-17-13-21(5-7-24(17)29)30-25-8-6-22(31)16-23(25)27(28(30)19-9-11-34-12-10-19)20-4-2-3-18(14-20)15-26(32)33/h5-8,13,16,18-20,31H,2-4,9-12,14-15H2,1H3,(H,32,33)/t18-,20+/m0/s1. The molecule has 2 heterocycles. The topological polar surface area (TPSA) is 71.7 Å². The zero-order chi connectivity index (χ0) is 23.8. The summed E-state index contributed by atoms with van der Waals surface area (Å²) in [6, 6.07) is 10.8. The number of hydrogen-bond acceptors (Lipinski definition) is 3. The summed E-state index contributed by atoms with van der Waals surface area (Å²) in [4.78, 5) is 11.4. The Labute approximate surface area is 199 Å². The monoisotopic (exact) mass is 465 g/mol. The van der Waals surface area contributed by atoms with Gasteiger partial charge in [0, 0.05) is 42.3 Å². The summed E-state index contributed by atoms with van der Waals surface area (Å²) in [6.07, 6.45) is 5.78. The van der Waals surface area contributed by atoms with Crippen molar-refractivity contribution in [3.63, 3.8) is 0 Å². The third-order valence-electron chi connectivity index (χ3n) is 7.69. The Morgan fingerprint density at radius 1 is 1.09 bits per heavy atom. The van der Waals surface area contributed by atoms with Crippen LogP contribution in [0.3, 0.4) is 0 Å². The molecular formula is C28H32FNO4. The minimum absolute atomic E-state index is 0.155. The molecule has 6 heteroatoms. The molecule has 0 spiro atoms. The van der Waals surface area contributed by atoms with E-state index in [1.165, 1.54) is 17.3 Å². The van der Waals surface area contributed by atoms with Crippen LogP contribution in [0.1, 0.15) is 73.6 Å². The maximum atomic E-state index is 14.2. The van der Waals surface area contributed by atoms with E-state index in [1.54, 1.807) is 13.0 Å². The molecule has 180 valence electrons. The van der Waals surface area contributed by atoms with E-state index in [-0.39, 0.29) is 35.7 Å². The predicted molar refractivity (Wildman–Crippen MR) is 129 cm³/mol. The molecule has 1 aliphatic carbocycles. The second-order valence-corrected chi connectivity index (χ2v) is 9.98. The molecule has 0 amide bonds. The molecule has 2 fully saturated rings. The van der Waals surface area contributed by atoms with Crippen LogP contribution in [-0.4, -0.2) is 34.0 Å². The van der Waals surface area contributed by atoms with Gasteiger partial charge in [0.05, 0.1) is 5.52 Å². The van der Waals surface area contributed by atoms with E-state index in [9.17, 15) is 19.4 Å². The van der Waals surface area contributed by atoms with Crippen molar-refractivity contribution in [2.24, 2.45) is 5.92 Å². The van der Waals surface area contributed by atoms with E-state index >= 15 is 0 Å². The van der Waals surface area contributed by atoms with Crippen LogP contribution in [0.4, 0.5) is 4.39 Å². The molecular weight excluding hydrogens is 433 g/mol. The number of carboxylic acids is 1. The van der Waals surface area contributed by atoms with E-state index in [0.717, 1.165) is 55.1 Å². The van der Waals surface area contributed by atoms with Crippen LogP contribution in [0.25, 0.3) is 16.6 Å². The SMILES string of the molecule is Cc1cc(-n2c(C3CCOCC3)c([C@@H]3CCC[C@H](CC(=O)O)C3)c3cc(O)ccc32)ccc1F. The van der Waals surface area contributed by atoms with Crippen LogP contribution in [0, 0.1) is 18.7 Å². The number of rotatable bonds is 5. The first-order chi connectivity index (χ1) is 16.4. The molecule has 0 unspecified atom stereocenters. The van der Waals surface area contributed by atoms with Gasteiger partial charge in [0.15, 0.2) is 0 Å². The Kier molecular flexibility index (Phi) is 6.34. The number of phenolic OH excluding ortho intramolecular Hbond substituents is 1. The van der Waals surface area contributed by atoms with E-state index in [1.807, 2.05) is 24.3 Å². The van der Waals surface area contributed by atoms with Crippen LogP contribution in [0.15, 0.2) is 36.4 Å². The molecule has 34 heavy (non-hydrogen) atoms. The second-order valence-electron chi connectivity index (χ2n) is 9.98. The van der Waals surface area contributed by atoms with Gasteiger partial charge < -0.3 is 19.5 Å². The lowest BCUT2D eigenvalue weighted by Crippen LogP contribution is -2.21. The zero-order valence-corrected chi connectivity index (χ0v) is 19.6. The van der Waals surface area contributed by atoms with Gasteiger partial charge in [0.25, 0.3) is 0 Å². The number of nitrogens with zero attached hydrogens (tertiary/aromatic N) is 1. The Bertz CT molecular complexity index is 1210. The lowest BCUT2D eigenvalue weighted by atomic mass is 9.74. The summed E-state index contributed by atoms with van der Waals surface area (Å²) in [6.45, 7) is 3.18. The van der Waals surface area contributed by atoms with Crippen molar-refractivity contribution < 1.29 is 24.1 Å². The van der Waals surface area contributed by atoms with Gasteiger partial charge in [-0.05, 0) is 98.4 Å². The number of carbonyl (C=O) groups is 1. The van der Waals surface area contributed by atoms with Crippen LogP contribution < -0.4 is 0 Å². The van der Waals surface area contributed by atoms with Gasteiger partial charge in [-0.15, -0.1) is 0 Å². The quantitative estimate of drug-likeness (QED) is 0.456. The largest absolute Gasteiger partial charge is 0.508 e. The first-order valence-corrected chi connectivity index (χ1v) is 12.4. The Morgan fingerprint density at radius 3 is 2.62 bits per heavy atom. The zero-order valence-electron chi connectivity index (χ0n) is 19.6. The van der Waals surface area contributed by atoms with Crippen molar-refractivity contribution in [1.29, 1.82) is 0 Å². The van der Waals surface area contributed by atoms with Crippen molar-refractivity contribution in [3.05, 3.63) is 59.0 Å². The number of benzene rings is 2. The van der Waals surface area contributed by atoms with Gasteiger partial charge in [0.2, 0.25) is 0 Å². The number of aryl methyl sites for hydroxylation is 1. The van der Waals surface area contributed by atoms with Crippen molar-refractivity contribution >= 4 is 16.9 Å². The highest BCUT2D eigenvalue weighted by Gasteiger charge is 2.34. The number of aliphatic carboxylic acids is 1. The van der Waals surface area contributed by atoms with Gasteiger partial charge in [-0.2, -0.15) is 0 Å². The summed E-state index contributed by atoms with van der Waals surface area (Å²) in [5.74, 6) is -0.0848. The predicted octanol–water partition coefficient (Wildman–Crippen LogP) is 6.43. The molecule has 1 aliphatic heterocycles. The number of aromatic hydroxyl groups is 1. The van der Waals surface area contributed by atoms with Crippen LogP contribution in [0.5, 0.6) is 5.75 Å². The fourth-order valence-corrected chi connectivity index (χ4v) is 6.16. The van der Waals surface area contributed by atoms with Crippen molar-refractivity contribution in [2.75, 3.05) is 13.2 Å². The Hall–Kier alpha value is -2.86. The molecule has 0 bridgehead atoms. The van der Waals surface area contributed by atoms with Gasteiger partial charge in [-0.1, -0.05) is 6.42 Å². The van der Waals surface area contributed by atoms with Crippen molar-refractivity contribution in [2.45, 2.75) is 63.7 Å². The van der Waals surface area contributed by atoms with E-state index < -0.39 is 5.97 Å². The molecule has 1 aromatic heterocycles. The Morgan fingerprint density at radius 2 is 1.88 bits per heavy atom. The maximum Gasteiger partial charge on any atom is 0.303 e. The molecule has 0 radical (unpaired) electrons. The first-order valence-electron chi connectivity index (χ1n) is 12.4. The third-order valence-corrected chi connectivity index (χ3v) is 7.69. The van der Waals surface area contributed by atoms with E-state index in [4.69, 9.17) is 4.74 Å². The minimum atomic E-state index is -0.739. The van der Waals surface area contributed by atoms with Crippen LogP contribution in [0.2, 0.25) is 0 Å². The molecule has 2 aliphatic rings. The maximum absolute atomic E-state index is 14.2. The highest BCUT2D eigenvalue weighted by atomic mass is 19.1. The number of fused-ring (bicyclic) bond motifs is 1. The number of phenols is 1. The molecule has 3 aromatic rings. The first kappa shape index (κ1) is 22.9. The highest BCUT2D eigenvalue weighted by Crippen LogP contribution is 2.47. The number of halogens is 1. The second kappa shape index (κ2) is 9.41. The number of hydrogen-bond donors (Lipinski definition) is 2. The average molecular weight is 466 g/mol. The molecule has 5 rings (SSSR count). The lowest BCUT2D eigenvalue weighted by Gasteiger charge is -2.32. The summed E-state index contributed by atoms with van der Waals surface area (Å²) >= 11 is 0. The van der Waals surface area contributed by atoms with Gasteiger partial charge >= 0.3 is 5.97 Å². The van der Waals surface area contributed by atoms with E-state index in [2.05, 4.69) is 4.57 Å². The Balaban J connectivity index is 1.74. The van der Waals surface area contributed by atoms with Gasteiger partial charge in [-0.3, -0.25) is 4.79 Å². The summed E-state index contributed by atoms with van der Waals surface area (Å²) in [5.41, 5.74) is 4.96. The molecule has 2 atom stereocenters. The summed E-state index contributed by atoms with van der Waals surface area (Å²) in [5, 5.41) is 20.9. The third kappa shape index (κ3) is 4.31. The smallest absolute Gasteiger partial charge is 0.303 e. The molecule has 1 saturated heterocycles. The molecule has 5 nitrogen and oxygen atoms in total. The number of carboxylic acid groups (broad SMARTS) is 1. The van der Waals surface area contributed by atoms with Crippen LogP contribution >= 0.6 is 0 Å². The molecule has 2 N–H and O–H groups in total. The molecule has 1 saturated carbocycles. The normalized spacial score (nSPS) is 21.7. The molecule has 2 aromatic carbocycles. The van der Waals surface area contributed by atoms with Crippen molar-refractivity contribution in [3.8, 4) is 11.4 Å². The van der Waals surface area contributed by atoms with Gasteiger partial charge in [-0.25, -0.2) is 4.39 Å². The average Bonchev–Trinajstić information content (AvgIpc) is 3.15. The fourth-order valence-electron chi connectivity index (χ4n) is 6.16. The summed E-state index contributed by atoms with van der Waals surface area (Å²) in [7, 11) is 0. The van der Waals surface area contributed by atoms with Crippen LogP contribution in [-0.2, 0) is 9.53 Å².